The number of piperidine rings is 1. The molecule has 4 heteroatoms. The first-order valence-electron chi connectivity index (χ1n) is 9.07. The summed E-state index contributed by atoms with van der Waals surface area (Å²) in [7, 11) is 0. The molecule has 0 radical (unpaired) electrons. The van der Waals surface area contributed by atoms with Crippen LogP contribution >= 0.6 is 0 Å². The Bertz CT molecular complexity index is 953. The third kappa shape index (κ3) is 2.25. The van der Waals surface area contributed by atoms with Gasteiger partial charge in [-0.15, -0.1) is 0 Å². The smallest absolute Gasteiger partial charge is 0.253 e. The van der Waals surface area contributed by atoms with Gasteiger partial charge < -0.3 is 14.2 Å². The summed E-state index contributed by atoms with van der Waals surface area (Å²) in [5.74, 6) is 1.02. The van der Waals surface area contributed by atoms with Crippen LogP contribution in [-0.2, 0) is 5.60 Å². The number of carbonyl (C=O) groups is 1. The zero-order chi connectivity index (χ0) is 17.6. The van der Waals surface area contributed by atoms with Gasteiger partial charge in [-0.1, -0.05) is 30.3 Å². The van der Waals surface area contributed by atoms with Crippen molar-refractivity contribution < 1.29 is 9.53 Å². The maximum Gasteiger partial charge on any atom is 0.253 e. The van der Waals surface area contributed by atoms with E-state index in [4.69, 9.17) is 4.74 Å². The normalized spacial score (nSPS) is 17.3. The maximum absolute atomic E-state index is 12.7. The first-order chi connectivity index (χ1) is 12.8. The fraction of sp³-hybridized carbons (Fsp3) is 0.227. The maximum atomic E-state index is 12.7. The Morgan fingerprint density at radius 1 is 0.885 bits per heavy atom. The molecule has 130 valence electrons. The number of fused-ring (bicyclic) bond motifs is 4. The number of aromatic nitrogens is 1. The molecular weight excluding hydrogens is 324 g/mol. The van der Waals surface area contributed by atoms with Crippen LogP contribution in [0.25, 0.3) is 5.69 Å². The van der Waals surface area contributed by atoms with Crippen molar-refractivity contribution in [2.75, 3.05) is 13.1 Å². The van der Waals surface area contributed by atoms with Crippen LogP contribution < -0.4 is 4.74 Å². The number of carbonyl (C=O) groups excluding carboxylic acids is 1. The van der Waals surface area contributed by atoms with E-state index in [1.807, 2.05) is 53.4 Å². The molecule has 0 atom stereocenters. The molecule has 1 saturated heterocycles. The fourth-order valence-corrected chi connectivity index (χ4v) is 4.16. The number of hydrogen-bond acceptors (Lipinski definition) is 2. The van der Waals surface area contributed by atoms with Crippen LogP contribution in [-0.4, -0.2) is 28.5 Å². The van der Waals surface area contributed by atoms with E-state index in [1.165, 1.54) is 5.69 Å². The Morgan fingerprint density at radius 2 is 1.62 bits per heavy atom. The summed E-state index contributed by atoms with van der Waals surface area (Å²) in [6.45, 7) is 1.39. The predicted molar refractivity (Wildman–Crippen MR) is 99.7 cm³/mol. The molecule has 0 N–H and O–H groups in total. The molecule has 1 spiro atoms. The lowest BCUT2D eigenvalue weighted by Gasteiger charge is -2.45. The van der Waals surface area contributed by atoms with Crippen molar-refractivity contribution in [2.45, 2.75) is 18.4 Å². The Hall–Kier alpha value is -3.01. The van der Waals surface area contributed by atoms with Crippen molar-refractivity contribution in [2.24, 2.45) is 0 Å². The molecule has 2 aromatic carbocycles. The van der Waals surface area contributed by atoms with Crippen molar-refractivity contribution >= 4 is 5.91 Å². The van der Waals surface area contributed by atoms with E-state index >= 15 is 0 Å². The third-order valence-corrected chi connectivity index (χ3v) is 5.52. The molecule has 4 nitrogen and oxygen atoms in total. The number of nitrogens with zero attached hydrogens (tertiary/aromatic N) is 2. The molecule has 0 saturated carbocycles. The molecule has 5 rings (SSSR count). The van der Waals surface area contributed by atoms with E-state index in [0.717, 1.165) is 29.8 Å². The summed E-state index contributed by atoms with van der Waals surface area (Å²) in [4.78, 5) is 14.7. The zero-order valence-electron chi connectivity index (χ0n) is 14.5. The molecule has 1 fully saturated rings. The van der Waals surface area contributed by atoms with Gasteiger partial charge in [0, 0.05) is 37.7 Å². The topological polar surface area (TPSA) is 34.5 Å². The van der Waals surface area contributed by atoms with Gasteiger partial charge in [-0.2, -0.15) is 0 Å². The lowest BCUT2D eigenvalue weighted by atomic mass is 9.86. The van der Waals surface area contributed by atoms with Gasteiger partial charge in [-0.3, -0.25) is 4.79 Å². The number of benzene rings is 2. The lowest BCUT2D eigenvalue weighted by molar-refractivity contribution is -0.00930. The van der Waals surface area contributed by atoms with Crippen LogP contribution in [0.5, 0.6) is 5.75 Å². The number of amides is 1. The fourth-order valence-electron chi connectivity index (χ4n) is 4.16. The highest BCUT2D eigenvalue weighted by Crippen LogP contribution is 2.44. The average Bonchev–Trinajstić information content (AvgIpc) is 3.20. The van der Waals surface area contributed by atoms with E-state index in [-0.39, 0.29) is 11.5 Å². The zero-order valence-corrected chi connectivity index (χ0v) is 14.5. The van der Waals surface area contributed by atoms with Gasteiger partial charge in [0.05, 0.1) is 11.4 Å². The molecule has 1 aromatic heterocycles. The minimum Gasteiger partial charge on any atom is -0.479 e. The highest BCUT2D eigenvalue weighted by molar-refractivity contribution is 5.94. The Kier molecular flexibility index (Phi) is 3.38. The van der Waals surface area contributed by atoms with Crippen molar-refractivity contribution in [1.82, 2.24) is 9.47 Å². The first-order valence-corrected chi connectivity index (χ1v) is 9.07. The van der Waals surface area contributed by atoms with Crippen LogP contribution in [0.4, 0.5) is 0 Å². The van der Waals surface area contributed by atoms with Crippen molar-refractivity contribution in [3.8, 4) is 11.4 Å². The molecule has 2 aliphatic heterocycles. The van der Waals surface area contributed by atoms with Crippen LogP contribution in [0.3, 0.4) is 0 Å². The van der Waals surface area contributed by atoms with Gasteiger partial charge in [0.2, 0.25) is 0 Å². The Morgan fingerprint density at radius 3 is 2.42 bits per heavy atom. The summed E-state index contributed by atoms with van der Waals surface area (Å²) in [6, 6.07) is 21.9. The highest BCUT2D eigenvalue weighted by atomic mass is 16.5. The molecule has 1 amide bonds. The van der Waals surface area contributed by atoms with Gasteiger partial charge >= 0.3 is 0 Å². The molecule has 2 aliphatic rings. The first kappa shape index (κ1) is 15.3. The monoisotopic (exact) mass is 344 g/mol. The summed E-state index contributed by atoms with van der Waals surface area (Å²) >= 11 is 0. The van der Waals surface area contributed by atoms with E-state index in [9.17, 15) is 4.79 Å². The van der Waals surface area contributed by atoms with E-state index in [0.29, 0.717) is 13.1 Å². The van der Waals surface area contributed by atoms with Gasteiger partial charge in [-0.25, -0.2) is 0 Å². The number of rotatable bonds is 1. The third-order valence-electron chi connectivity index (χ3n) is 5.52. The second-order valence-electron chi connectivity index (χ2n) is 6.99. The molecule has 26 heavy (non-hydrogen) atoms. The minimum absolute atomic E-state index is 0.104. The molecule has 0 aliphatic carbocycles. The minimum atomic E-state index is -0.356. The van der Waals surface area contributed by atoms with Crippen molar-refractivity contribution in [3.05, 3.63) is 84.2 Å². The Labute approximate surface area is 152 Å². The number of para-hydroxylation sites is 2. The van der Waals surface area contributed by atoms with Crippen LogP contribution in [0.1, 0.15) is 28.9 Å². The molecule has 0 bridgehead atoms. The van der Waals surface area contributed by atoms with Crippen LogP contribution in [0.2, 0.25) is 0 Å². The van der Waals surface area contributed by atoms with Gasteiger partial charge in [0.25, 0.3) is 5.91 Å². The summed E-state index contributed by atoms with van der Waals surface area (Å²) in [5.41, 5.74) is 2.66. The van der Waals surface area contributed by atoms with E-state index < -0.39 is 0 Å². The molecule has 3 aromatic rings. The average molecular weight is 344 g/mol. The summed E-state index contributed by atoms with van der Waals surface area (Å²) < 4.78 is 8.75. The van der Waals surface area contributed by atoms with Gasteiger partial charge in [-0.05, 0) is 36.4 Å². The predicted octanol–water partition coefficient (Wildman–Crippen LogP) is 4.00. The largest absolute Gasteiger partial charge is 0.479 e. The quantitative estimate of drug-likeness (QED) is 0.669. The number of likely N-dealkylation sites (tertiary alicyclic amines) is 1. The van der Waals surface area contributed by atoms with E-state index in [2.05, 4.69) is 29.0 Å². The summed E-state index contributed by atoms with van der Waals surface area (Å²) in [5, 5.41) is 0. The Balaban J connectivity index is 1.43. The van der Waals surface area contributed by atoms with Gasteiger partial charge in [0.1, 0.15) is 5.75 Å². The molecule has 0 unspecified atom stereocenters. The molecular formula is C22H20N2O2. The molecule has 3 heterocycles. The lowest BCUT2D eigenvalue weighted by Crippen LogP contribution is -2.49. The van der Waals surface area contributed by atoms with Crippen molar-refractivity contribution in [3.63, 3.8) is 0 Å². The highest BCUT2D eigenvalue weighted by Gasteiger charge is 2.44. The van der Waals surface area contributed by atoms with Crippen LogP contribution in [0, 0.1) is 0 Å². The SMILES string of the molecule is O=C(c1ccccc1)N1CCC2(CC1)Oc1ccccc1-n1cccc12. The van der Waals surface area contributed by atoms with Crippen LogP contribution in [0.15, 0.2) is 72.9 Å². The van der Waals surface area contributed by atoms with Crippen molar-refractivity contribution in [1.29, 1.82) is 0 Å². The van der Waals surface area contributed by atoms with Gasteiger partial charge in [0.15, 0.2) is 5.60 Å². The standard InChI is InChI=1S/C22H20N2O2/c25-21(17-7-2-1-3-8-17)23-15-12-22(13-16-23)20-11-6-14-24(20)18-9-4-5-10-19(18)26-22/h1-11,14H,12-13,15-16H2. The second-order valence-corrected chi connectivity index (χ2v) is 6.99. The number of ether oxygens (including phenoxy) is 1. The summed E-state index contributed by atoms with van der Waals surface area (Å²) in [6.07, 6.45) is 3.69. The van der Waals surface area contributed by atoms with E-state index in [1.54, 1.807) is 0 Å². The second kappa shape index (κ2) is 5.77. The number of hydrogen-bond donors (Lipinski definition) is 0.